The molecular weight excluding hydrogens is 276 g/mol. The van der Waals surface area contributed by atoms with Gasteiger partial charge in [-0.05, 0) is 31.1 Å². The first-order valence-corrected chi connectivity index (χ1v) is 7.97. The van der Waals surface area contributed by atoms with Gasteiger partial charge in [0.25, 0.3) is 0 Å². The first-order valence-electron chi connectivity index (χ1n) is 6.99. The number of anilines is 1. The molecule has 2 aliphatic rings. The van der Waals surface area contributed by atoms with Crippen molar-refractivity contribution in [3.63, 3.8) is 0 Å². The van der Waals surface area contributed by atoms with E-state index >= 15 is 0 Å². The SMILES string of the molecule is O=C(O)CCCSc1ccnc2c1OC[C@@H]1CCCN21. The number of aromatic nitrogens is 1. The van der Waals surface area contributed by atoms with Crippen LogP contribution in [0.25, 0.3) is 0 Å². The van der Waals surface area contributed by atoms with Crippen molar-refractivity contribution in [1.82, 2.24) is 4.98 Å². The van der Waals surface area contributed by atoms with Crippen LogP contribution in [-0.2, 0) is 4.79 Å². The van der Waals surface area contributed by atoms with Crippen LogP contribution >= 0.6 is 11.8 Å². The van der Waals surface area contributed by atoms with Crippen molar-refractivity contribution in [2.24, 2.45) is 0 Å². The van der Waals surface area contributed by atoms with Gasteiger partial charge in [-0.1, -0.05) is 0 Å². The molecule has 20 heavy (non-hydrogen) atoms. The highest BCUT2D eigenvalue weighted by atomic mass is 32.2. The second kappa shape index (κ2) is 5.91. The number of ether oxygens (including phenoxy) is 1. The van der Waals surface area contributed by atoms with E-state index in [-0.39, 0.29) is 6.42 Å². The summed E-state index contributed by atoms with van der Waals surface area (Å²) in [5.74, 6) is 1.89. The second-order valence-corrected chi connectivity index (χ2v) is 6.24. The van der Waals surface area contributed by atoms with E-state index in [0.29, 0.717) is 12.5 Å². The minimum atomic E-state index is -0.737. The molecule has 5 nitrogen and oxygen atoms in total. The molecule has 0 aromatic carbocycles. The van der Waals surface area contributed by atoms with Crippen molar-refractivity contribution < 1.29 is 14.6 Å². The quantitative estimate of drug-likeness (QED) is 0.664. The summed E-state index contributed by atoms with van der Waals surface area (Å²) < 4.78 is 5.91. The molecule has 3 heterocycles. The van der Waals surface area contributed by atoms with Gasteiger partial charge >= 0.3 is 5.97 Å². The van der Waals surface area contributed by atoms with E-state index in [1.165, 1.54) is 12.8 Å². The topological polar surface area (TPSA) is 62.7 Å². The highest BCUT2D eigenvalue weighted by Crippen LogP contribution is 2.42. The Morgan fingerprint density at radius 1 is 1.60 bits per heavy atom. The molecule has 6 heteroatoms. The maximum absolute atomic E-state index is 10.5. The van der Waals surface area contributed by atoms with Crippen LogP contribution in [0.1, 0.15) is 25.7 Å². The van der Waals surface area contributed by atoms with Crippen molar-refractivity contribution in [2.45, 2.75) is 36.6 Å². The highest BCUT2D eigenvalue weighted by Gasteiger charge is 2.33. The van der Waals surface area contributed by atoms with Gasteiger partial charge in [-0.15, -0.1) is 11.8 Å². The molecule has 1 N–H and O–H groups in total. The Labute approximate surface area is 122 Å². The number of hydrogen-bond acceptors (Lipinski definition) is 5. The summed E-state index contributed by atoms with van der Waals surface area (Å²) in [6, 6.07) is 2.43. The third-order valence-electron chi connectivity index (χ3n) is 3.71. The highest BCUT2D eigenvalue weighted by molar-refractivity contribution is 7.99. The van der Waals surface area contributed by atoms with E-state index in [9.17, 15) is 4.79 Å². The third-order valence-corrected chi connectivity index (χ3v) is 4.84. The van der Waals surface area contributed by atoms with Crippen LogP contribution in [-0.4, -0.2) is 41.0 Å². The molecule has 108 valence electrons. The zero-order valence-electron chi connectivity index (χ0n) is 11.2. The lowest BCUT2D eigenvalue weighted by Gasteiger charge is -2.33. The Bertz CT molecular complexity index is 509. The Morgan fingerprint density at radius 3 is 3.35 bits per heavy atom. The average Bonchev–Trinajstić information content (AvgIpc) is 2.92. The van der Waals surface area contributed by atoms with Gasteiger partial charge < -0.3 is 14.7 Å². The first kappa shape index (κ1) is 13.5. The van der Waals surface area contributed by atoms with E-state index in [0.717, 1.165) is 35.4 Å². The Kier molecular flexibility index (Phi) is 4.00. The standard InChI is InChI=1S/C14H18N2O3S/c17-12(18)4-2-8-20-11-5-6-15-14-13(11)19-9-10-3-1-7-16(10)14/h5-6,10H,1-4,7-9H2,(H,17,18)/t10-/m0/s1. The lowest BCUT2D eigenvalue weighted by Crippen LogP contribution is -2.38. The number of nitrogens with zero attached hydrogens (tertiary/aromatic N) is 2. The predicted octanol–water partition coefficient (Wildman–Crippen LogP) is 2.40. The van der Waals surface area contributed by atoms with E-state index < -0.39 is 5.97 Å². The number of thioether (sulfide) groups is 1. The van der Waals surface area contributed by atoms with Gasteiger partial charge in [-0.25, -0.2) is 4.98 Å². The van der Waals surface area contributed by atoms with Crippen molar-refractivity contribution in [3.8, 4) is 5.75 Å². The lowest BCUT2D eigenvalue weighted by atomic mass is 10.2. The minimum absolute atomic E-state index is 0.218. The molecule has 1 atom stereocenters. The Balaban J connectivity index is 1.70. The number of carbonyl (C=O) groups is 1. The van der Waals surface area contributed by atoms with Crippen molar-refractivity contribution >= 4 is 23.5 Å². The fourth-order valence-corrected chi connectivity index (χ4v) is 3.69. The van der Waals surface area contributed by atoms with Crippen LogP contribution in [0.5, 0.6) is 5.75 Å². The van der Waals surface area contributed by atoms with Crippen molar-refractivity contribution in [3.05, 3.63) is 12.3 Å². The fourth-order valence-electron chi connectivity index (χ4n) is 2.75. The van der Waals surface area contributed by atoms with Crippen molar-refractivity contribution in [1.29, 1.82) is 0 Å². The first-order chi connectivity index (χ1) is 9.75. The molecule has 0 unspecified atom stereocenters. The van der Waals surface area contributed by atoms with Gasteiger partial charge in [0.1, 0.15) is 6.61 Å². The Hall–Kier alpha value is -1.43. The molecular formula is C14H18N2O3S. The molecule has 0 amide bonds. The van der Waals surface area contributed by atoms with Crippen LogP contribution < -0.4 is 9.64 Å². The largest absolute Gasteiger partial charge is 0.486 e. The summed E-state index contributed by atoms with van der Waals surface area (Å²) in [6.45, 7) is 1.79. The number of carboxylic acids is 1. The van der Waals surface area contributed by atoms with Gasteiger partial charge in [-0.3, -0.25) is 4.79 Å². The second-order valence-electron chi connectivity index (χ2n) is 5.11. The minimum Gasteiger partial charge on any atom is -0.486 e. The number of carboxylic acid groups (broad SMARTS) is 1. The van der Waals surface area contributed by atoms with Crippen LogP contribution in [0.4, 0.5) is 5.82 Å². The smallest absolute Gasteiger partial charge is 0.303 e. The van der Waals surface area contributed by atoms with Crippen LogP contribution in [0.2, 0.25) is 0 Å². The van der Waals surface area contributed by atoms with Crippen molar-refractivity contribution in [2.75, 3.05) is 23.8 Å². The van der Waals surface area contributed by atoms with Crippen LogP contribution in [0, 0.1) is 0 Å². The zero-order chi connectivity index (χ0) is 13.9. The summed E-state index contributed by atoms with van der Waals surface area (Å²) in [7, 11) is 0. The van der Waals surface area contributed by atoms with E-state index in [1.807, 2.05) is 12.3 Å². The number of pyridine rings is 1. The maximum Gasteiger partial charge on any atom is 0.303 e. The summed E-state index contributed by atoms with van der Waals surface area (Å²) in [5, 5.41) is 8.65. The number of aliphatic carboxylic acids is 1. The van der Waals surface area contributed by atoms with Gasteiger partial charge in [-0.2, -0.15) is 0 Å². The molecule has 0 saturated carbocycles. The van der Waals surface area contributed by atoms with Gasteiger partial charge in [0.2, 0.25) is 0 Å². The van der Waals surface area contributed by atoms with E-state index in [2.05, 4.69) is 9.88 Å². The molecule has 1 saturated heterocycles. The summed E-state index contributed by atoms with van der Waals surface area (Å²) in [5.41, 5.74) is 0. The zero-order valence-corrected chi connectivity index (χ0v) is 12.1. The number of rotatable bonds is 5. The predicted molar refractivity (Wildman–Crippen MR) is 77.7 cm³/mol. The maximum atomic E-state index is 10.5. The normalized spacial score (nSPS) is 20.2. The summed E-state index contributed by atoms with van der Waals surface area (Å²) >= 11 is 1.66. The molecule has 1 fully saturated rings. The summed E-state index contributed by atoms with van der Waals surface area (Å²) in [4.78, 5) is 18.4. The molecule has 2 aliphatic heterocycles. The molecule has 3 rings (SSSR count). The molecule has 0 bridgehead atoms. The summed E-state index contributed by atoms with van der Waals surface area (Å²) in [6.07, 6.45) is 5.09. The molecule has 1 aromatic rings. The lowest BCUT2D eigenvalue weighted by molar-refractivity contribution is -0.137. The molecule has 0 aliphatic carbocycles. The third kappa shape index (κ3) is 2.70. The van der Waals surface area contributed by atoms with E-state index in [4.69, 9.17) is 9.84 Å². The number of fused-ring (bicyclic) bond motifs is 3. The van der Waals surface area contributed by atoms with E-state index in [1.54, 1.807) is 11.8 Å². The molecule has 0 radical (unpaired) electrons. The van der Waals surface area contributed by atoms with Gasteiger partial charge in [0.15, 0.2) is 11.6 Å². The van der Waals surface area contributed by atoms with Gasteiger partial charge in [0, 0.05) is 19.2 Å². The number of hydrogen-bond donors (Lipinski definition) is 1. The fraction of sp³-hybridized carbons (Fsp3) is 0.571. The van der Waals surface area contributed by atoms with Crippen LogP contribution in [0.15, 0.2) is 17.2 Å². The Morgan fingerprint density at radius 2 is 2.50 bits per heavy atom. The van der Waals surface area contributed by atoms with Gasteiger partial charge in [0.05, 0.1) is 10.9 Å². The average molecular weight is 294 g/mol. The molecule has 0 spiro atoms. The van der Waals surface area contributed by atoms with Crippen LogP contribution in [0.3, 0.4) is 0 Å². The molecule has 1 aromatic heterocycles. The monoisotopic (exact) mass is 294 g/mol.